The van der Waals surface area contributed by atoms with Crippen LogP contribution in [0.1, 0.15) is 62.1 Å². The highest BCUT2D eigenvalue weighted by molar-refractivity contribution is 6.10. The Labute approximate surface area is 200 Å². The number of carbonyl (C=O) groups is 2. The first-order valence-electron chi connectivity index (χ1n) is 11.2. The smallest absolute Gasteiger partial charge is 0.262 e. The molecule has 0 aliphatic rings. The summed E-state index contributed by atoms with van der Waals surface area (Å²) in [6, 6.07) is 13.5. The van der Waals surface area contributed by atoms with Crippen molar-refractivity contribution in [3.8, 4) is 0 Å². The van der Waals surface area contributed by atoms with E-state index in [4.69, 9.17) is 5.73 Å². The lowest BCUT2D eigenvalue weighted by atomic mass is 9.87. The molecule has 3 N–H and O–H groups in total. The predicted octanol–water partition coefficient (Wildman–Crippen LogP) is 5.01. The summed E-state index contributed by atoms with van der Waals surface area (Å²) in [6.45, 7) is 9.93. The number of hydrogen-bond donors (Lipinski definition) is 2. The number of hydrogen-bond acceptors (Lipinski definition) is 4. The summed E-state index contributed by atoms with van der Waals surface area (Å²) < 4.78 is 14.8. The van der Waals surface area contributed by atoms with Crippen molar-refractivity contribution in [3.05, 3.63) is 89.5 Å². The number of benzene rings is 2. The van der Waals surface area contributed by atoms with E-state index in [-0.39, 0.29) is 22.7 Å². The Balaban J connectivity index is 2.21. The lowest BCUT2D eigenvalue weighted by molar-refractivity contribution is -0.123. The zero-order chi connectivity index (χ0) is 25.0. The topological polar surface area (TPSA) is 88.3 Å². The van der Waals surface area contributed by atoms with Crippen molar-refractivity contribution < 1.29 is 14.0 Å². The monoisotopic (exact) mass is 462 g/mol. The van der Waals surface area contributed by atoms with Gasteiger partial charge in [-0.2, -0.15) is 0 Å². The van der Waals surface area contributed by atoms with Crippen molar-refractivity contribution in [2.24, 2.45) is 0 Å². The van der Waals surface area contributed by atoms with E-state index < -0.39 is 23.7 Å². The highest BCUT2D eigenvalue weighted by atomic mass is 19.1. The molecule has 3 rings (SSSR count). The van der Waals surface area contributed by atoms with Gasteiger partial charge in [0.1, 0.15) is 11.9 Å². The van der Waals surface area contributed by atoms with Gasteiger partial charge in [-0.3, -0.25) is 19.5 Å². The largest absolute Gasteiger partial charge is 0.399 e. The van der Waals surface area contributed by atoms with Crippen molar-refractivity contribution >= 4 is 23.2 Å². The van der Waals surface area contributed by atoms with Gasteiger partial charge in [0, 0.05) is 35.4 Å². The summed E-state index contributed by atoms with van der Waals surface area (Å²) in [5, 5.41) is 2.88. The second-order valence-corrected chi connectivity index (χ2v) is 9.56. The van der Waals surface area contributed by atoms with Crippen LogP contribution >= 0.6 is 0 Å². The molecule has 0 radical (unpaired) electrons. The molecule has 0 fully saturated rings. The van der Waals surface area contributed by atoms with E-state index in [0.29, 0.717) is 11.3 Å². The molecule has 0 saturated carbocycles. The van der Waals surface area contributed by atoms with Crippen molar-refractivity contribution in [1.29, 1.82) is 0 Å². The molecule has 0 aliphatic carbocycles. The molecular weight excluding hydrogens is 431 g/mol. The quantitative estimate of drug-likeness (QED) is 0.504. The van der Waals surface area contributed by atoms with Crippen molar-refractivity contribution in [2.75, 3.05) is 10.6 Å². The van der Waals surface area contributed by atoms with E-state index >= 15 is 0 Å². The molecule has 3 aromatic rings. The average Bonchev–Trinajstić information content (AvgIpc) is 2.76. The van der Waals surface area contributed by atoms with Crippen LogP contribution in [0.4, 0.5) is 15.8 Å². The molecule has 7 heteroatoms. The van der Waals surface area contributed by atoms with Crippen molar-refractivity contribution in [1.82, 2.24) is 10.3 Å². The molecule has 0 spiro atoms. The lowest BCUT2D eigenvalue weighted by Gasteiger charge is -2.32. The van der Waals surface area contributed by atoms with E-state index in [1.54, 1.807) is 30.5 Å². The fourth-order valence-corrected chi connectivity index (χ4v) is 3.66. The molecule has 34 heavy (non-hydrogen) atoms. The summed E-state index contributed by atoms with van der Waals surface area (Å²) >= 11 is 0. The predicted molar refractivity (Wildman–Crippen MR) is 133 cm³/mol. The number of carbonyl (C=O) groups excluding carboxylic acids is 2. The number of nitrogens with two attached hydrogens (primary N) is 1. The van der Waals surface area contributed by atoms with Crippen LogP contribution in [-0.2, 0) is 10.2 Å². The first-order valence-corrected chi connectivity index (χ1v) is 11.2. The van der Waals surface area contributed by atoms with Crippen LogP contribution < -0.4 is 16.0 Å². The fourth-order valence-electron chi connectivity index (χ4n) is 3.66. The van der Waals surface area contributed by atoms with Crippen LogP contribution in [0.25, 0.3) is 0 Å². The van der Waals surface area contributed by atoms with Crippen molar-refractivity contribution in [3.63, 3.8) is 0 Å². The lowest BCUT2D eigenvalue weighted by Crippen LogP contribution is -2.46. The Hall–Kier alpha value is -3.74. The van der Waals surface area contributed by atoms with Gasteiger partial charge >= 0.3 is 0 Å². The van der Waals surface area contributed by atoms with E-state index in [1.807, 2.05) is 26.0 Å². The molecule has 1 heterocycles. The van der Waals surface area contributed by atoms with Gasteiger partial charge in [0.15, 0.2) is 0 Å². The number of halogens is 1. The maximum atomic E-state index is 14.8. The van der Waals surface area contributed by atoms with E-state index in [9.17, 15) is 14.0 Å². The van der Waals surface area contributed by atoms with Gasteiger partial charge in [-0.15, -0.1) is 0 Å². The van der Waals surface area contributed by atoms with Crippen LogP contribution in [0.5, 0.6) is 0 Å². The van der Waals surface area contributed by atoms with Gasteiger partial charge < -0.3 is 11.1 Å². The number of nitrogen functional groups attached to an aromatic ring is 1. The Morgan fingerprint density at radius 2 is 1.74 bits per heavy atom. The zero-order valence-corrected chi connectivity index (χ0v) is 20.2. The summed E-state index contributed by atoms with van der Waals surface area (Å²) in [4.78, 5) is 32.7. The maximum Gasteiger partial charge on any atom is 0.262 e. The van der Waals surface area contributed by atoms with E-state index in [1.165, 1.54) is 23.2 Å². The van der Waals surface area contributed by atoms with E-state index in [0.717, 1.165) is 11.6 Å². The molecule has 2 aromatic carbocycles. The number of anilines is 2. The van der Waals surface area contributed by atoms with Gasteiger partial charge in [0.05, 0.1) is 5.56 Å². The molecule has 6 nitrogen and oxygen atoms in total. The highest BCUT2D eigenvalue weighted by Crippen LogP contribution is 2.32. The van der Waals surface area contributed by atoms with Gasteiger partial charge in [0.25, 0.3) is 5.91 Å². The van der Waals surface area contributed by atoms with E-state index in [2.05, 4.69) is 31.1 Å². The molecule has 2 amide bonds. The van der Waals surface area contributed by atoms with Gasteiger partial charge in [-0.05, 0) is 61.2 Å². The Morgan fingerprint density at radius 1 is 1.06 bits per heavy atom. The first-order chi connectivity index (χ1) is 16.0. The third-order valence-corrected chi connectivity index (χ3v) is 5.39. The Morgan fingerprint density at radius 3 is 2.26 bits per heavy atom. The summed E-state index contributed by atoms with van der Waals surface area (Å²) in [5.41, 5.74) is 7.64. The molecule has 0 aliphatic heterocycles. The van der Waals surface area contributed by atoms with Crippen LogP contribution in [0.2, 0.25) is 0 Å². The minimum atomic E-state index is -1.07. The second-order valence-electron chi connectivity index (χ2n) is 9.56. The summed E-state index contributed by atoms with van der Waals surface area (Å²) in [6.07, 6.45) is 3.12. The maximum absolute atomic E-state index is 14.8. The Bertz CT molecular complexity index is 1160. The number of nitrogens with zero attached hydrogens (tertiary/aromatic N) is 2. The second kappa shape index (κ2) is 10.0. The third-order valence-electron chi connectivity index (χ3n) is 5.39. The first kappa shape index (κ1) is 24.9. The van der Waals surface area contributed by atoms with Crippen LogP contribution in [0.15, 0.2) is 67.0 Å². The SMILES string of the molecule is CC(C)NC(=O)C(c1cccnc1)N(C(=O)c1ccc(N)cc1F)c1ccc(C(C)(C)C)cc1. The Kier molecular flexibility index (Phi) is 7.35. The molecule has 1 unspecified atom stereocenters. The van der Waals surface area contributed by atoms with Gasteiger partial charge in [-0.1, -0.05) is 39.0 Å². The molecule has 1 atom stereocenters. The third kappa shape index (κ3) is 5.60. The van der Waals surface area contributed by atoms with Crippen molar-refractivity contribution in [2.45, 2.75) is 52.1 Å². The number of rotatable bonds is 6. The average molecular weight is 463 g/mol. The van der Waals surface area contributed by atoms with Crippen LogP contribution in [-0.4, -0.2) is 22.8 Å². The zero-order valence-electron chi connectivity index (χ0n) is 20.2. The summed E-state index contributed by atoms with van der Waals surface area (Å²) in [7, 11) is 0. The standard InChI is InChI=1S/C27H31FN4O2/c1-17(2)31-25(33)24(18-7-6-14-30-16-18)32(21-11-8-19(9-12-21)27(3,4)5)26(34)22-13-10-20(29)15-23(22)28/h6-17,24H,29H2,1-5H3,(H,31,33). The molecular formula is C27H31FN4O2. The molecule has 1 aromatic heterocycles. The van der Waals surface area contributed by atoms with Gasteiger partial charge in [-0.25, -0.2) is 4.39 Å². The fraction of sp³-hybridized carbons (Fsp3) is 0.296. The number of amides is 2. The number of nitrogens with one attached hydrogen (secondary N) is 1. The van der Waals surface area contributed by atoms with Gasteiger partial charge in [0.2, 0.25) is 5.91 Å². The van der Waals surface area contributed by atoms with Crippen LogP contribution in [0, 0.1) is 5.82 Å². The molecule has 178 valence electrons. The number of pyridine rings is 1. The minimum absolute atomic E-state index is 0.103. The minimum Gasteiger partial charge on any atom is -0.399 e. The summed E-state index contributed by atoms with van der Waals surface area (Å²) in [5.74, 6) is -1.81. The molecule has 0 saturated heterocycles. The molecule has 0 bridgehead atoms. The van der Waals surface area contributed by atoms with Crippen LogP contribution in [0.3, 0.4) is 0 Å². The number of aromatic nitrogens is 1. The highest BCUT2D eigenvalue weighted by Gasteiger charge is 2.35. The normalized spacial score (nSPS) is 12.3.